The lowest BCUT2D eigenvalue weighted by Gasteiger charge is -2.46. The summed E-state index contributed by atoms with van der Waals surface area (Å²) in [7, 11) is 0. The molecule has 2 aromatic rings. The van der Waals surface area contributed by atoms with Crippen LogP contribution in [0.1, 0.15) is 37.9 Å². The van der Waals surface area contributed by atoms with E-state index in [0.29, 0.717) is 5.56 Å². The summed E-state index contributed by atoms with van der Waals surface area (Å²) in [5, 5.41) is 14.8. The van der Waals surface area contributed by atoms with Crippen molar-refractivity contribution in [3.63, 3.8) is 0 Å². The Balaban J connectivity index is 1.75. The molecule has 0 aliphatic carbocycles. The fourth-order valence-electron chi connectivity index (χ4n) is 3.56. The zero-order valence-electron chi connectivity index (χ0n) is 18.3. The first-order valence-electron chi connectivity index (χ1n) is 10.3. The second kappa shape index (κ2) is 9.25. The lowest BCUT2D eigenvalue weighted by molar-refractivity contribution is -0.592. The van der Waals surface area contributed by atoms with Gasteiger partial charge in [-0.15, -0.1) is 0 Å². The van der Waals surface area contributed by atoms with Crippen molar-refractivity contribution in [1.82, 2.24) is 10.2 Å². The minimum Gasteiger partial charge on any atom is -0.445 e. The summed E-state index contributed by atoms with van der Waals surface area (Å²) >= 11 is 0. The third kappa shape index (κ3) is 5.35. The molecule has 0 bridgehead atoms. The molecule has 0 spiro atoms. The van der Waals surface area contributed by atoms with Gasteiger partial charge in [0.1, 0.15) is 18.2 Å². The number of benzene rings is 2. The first-order valence-corrected chi connectivity index (χ1v) is 10.3. The predicted octanol–water partition coefficient (Wildman–Crippen LogP) is 3.92. The predicted molar refractivity (Wildman–Crippen MR) is 116 cm³/mol. The number of nitrogens with zero attached hydrogens (tertiary/aromatic N) is 2. The van der Waals surface area contributed by atoms with Crippen LogP contribution in [0.4, 0.5) is 9.59 Å². The summed E-state index contributed by atoms with van der Waals surface area (Å²) in [6, 6.07) is 16.8. The van der Waals surface area contributed by atoms with E-state index in [0.717, 1.165) is 5.56 Å². The minimum atomic E-state index is -1.61. The largest absolute Gasteiger partial charge is 0.445 e. The molecule has 32 heavy (non-hydrogen) atoms. The van der Waals surface area contributed by atoms with Crippen molar-refractivity contribution in [3.8, 4) is 0 Å². The third-order valence-electron chi connectivity index (χ3n) is 5.09. The Bertz CT molecular complexity index is 953. The number of nitrogens with one attached hydrogen (secondary N) is 1. The first-order chi connectivity index (χ1) is 15.1. The maximum atomic E-state index is 12.5. The fourth-order valence-corrected chi connectivity index (χ4v) is 3.56. The van der Waals surface area contributed by atoms with Crippen LogP contribution in [0.5, 0.6) is 0 Å². The molecule has 0 aromatic heterocycles. The number of hydrogen-bond acceptors (Lipinski definition) is 6. The molecule has 1 aliphatic rings. The summed E-state index contributed by atoms with van der Waals surface area (Å²) < 4.78 is 10.6. The molecule has 0 radical (unpaired) electrons. The average Bonchev–Trinajstić information content (AvgIpc) is 2.70. The smallest absolute Gasteiger partial charge is 0.410 e. The molecule has 3 rings (SSSR count). The molecule has 9 heteroatoms. The number of nitro groups is 1. The van der Waals surface area contributed by atoms with Crippen molar-refractivity contribution >= 4 is 12.2 Å². The van der Waals surface area contributed by atoms with Crippen LogP contribution in [-0.4, -0.2) is 46.2 Å². The van der Waals surface area contributed by atoms with Gasteiger partial charge in [0.15, 0.2) is 0 Å². The summed E-state index contributed by atoms with van der Waals surface area (Å²) in [5.74, 6) is 0. The highest BCUT2D eigenvalue weighted by atomic mass is 16.6. The van der Waals surface area contributed by atoms with E-state index in [-0.39, 0.29) is 19.7 Å². The number of carbonyl (C=O) groups excluding carboxylic acids is 2. The van der Waals surface area contributed by atoms with E-state index in [2.05, 4.69) is 5.32 Å². The van der Waals surface area contributed by atoms with Gasteiger partial charge in [0.2, 0.25) is 0 Å². The van der Waals surface area contributed by atoms with E-state index in [4.69, 9.17) is 9.47 Å². The highest BCUT2D eigenvalue weighted by Gasteiger charge is 2.63. The minimum absolute atomic E-state index is 0.0694. The molecule has 170 valence electrons. The molecule has 2 aromatic carbocycles. The van der Waals surface area contributed by atoms with Crippen LogP contribution >= 0.6 is 0 Å². The second-order valence-corrected chi connectivity index (χ2v) is 8.75. The van der Waals surface area contributed by atoms with Crippen molar-refractivity contribution in [1.29, 1.82) is 0 Å². The first kappa shape index (κ1) is 23.1. The van der Waals surface area contributed by atoms with Gasteiger partial charge in [-0.05, 0) is 31.9 Å². The van der Waals surface area contributed by atoms with E-state index in [1.807, 2.05) is 30.3 Å². The van der Waals surface area contributed by atoms with Crippen molar-refractivity contribution in [3.05, 3.63) is 81.9 Å². The Kier molecular flexibility index (Phi) is 6.67. The Morgan fingerprint density at radius 3 is 2.19 bits per heavy atom. The molecule has 0 saturated carbocycles. The molecular weight excluding hydrogens is 414 g/mol. The number of hydrogen-bond donors (Lipinski definition) is 1. The highest BCUT2D eigenvalue weighted by molar-refractivity contribution is 5.71. The Hall–Kier alpha value is -3.62. The lowest BCUT2D eigenvalue weighted by Crippen LogP contribution is -2.72. The van der Waals surface area contributed by atoms with E-state index in [1.54, 1.807) is 51.1 Å². The number of alkyl carbamates (subject to hydrolysis) is 1. The monoisotopic (exact) mass is 441 g/mol. The van der Waals surface area contributed by atoms with Gasteiger partial charge in [-0.2, -0.15) is 0 Å². The summed E-state index contributed by atoms with van der Waals surface area (Å²) in [5.41, 5.74) is -1.01. The Morgan fingerprint density at radius 2 is 1.66 bits per heavy atom. The van der Waals surface area contributed by atoms with Crippen molar-refractivity contribution < 1.29 is 24.0 Å². The van der Waals surface area contributed by atoms with E-state index < -0.39 is 34.3 Å². The van der Waals surface area contributed by atoms with Gasteiger partial charge in [0.25, 0.3) is 5.54 Å². The maximum Gasteiger partial charge on any atom is 0.410 e. The van der Waals surface area contributed by atoms with Crippen molar-refractivity contribution in [2.24, 2.45) is 0 Å². The average molecular weight is 441 g/mol. The van der Waals surface area contributed by atoms with Gasteiger partial charge in [-0.1, -0.05) is 60.7 Å². The molecule has 0 unspecified atom stereocenters. The van der Waals surface area contributed by atoms with Crippen LogP contribution in [0.15, 0.2) is 60.7 Å². The van der Waals surface area contributed by atoms with Crippen molar-refractivity contribution in [2.75, 3.05) is 13.1 Å². The molecule has 1 aliphatic heterocycles. The van der Waals surface area contributed by atoms with Gasteiger partial charge >= 0.3 is 12.2 Å². The maximum absolute atomic E-state index is 12.5. The zero-order chi connectivity index (χ0) is 23.4. The molecule has 1 fully saturated rings. The summed E-state index contributed by atoms with van der Waals surface area (Å²) in [6.45, 7) is 4.79. The molecule has 1 saturated heterocycles. The summed E-state index contributed by atoms with van der Waals surface area (Å²) in [4.78, 5) is 37.9. The van der Waals surface area contributed by atoms with Gasteiger partial charge in [-0.3, -0.25) is 15.0 Å². The van der Waals surface area contributed by atoms with Gasteiger partial charge in [0.05, 0.1) is 13.1 Å². The zero-order valence-corrected chi connectivity index (χ0v) is 18.3. The van der Waals surface area contributed by atoms with Gasteiger partial charge < -0.3 is 14.8 Å². The van der Waals surface area contributed by atoms with Gasteiger partial charge in [-0.25, -0.2) is 9.59 Å². The lowest BCUT2D eigenvalue weighted by atomic mass is 9.79. The molecular formula is C23H27N3O6. The standard InChI is InChI=1S/C23H27N3O6/c1-22(2,3)32-20(27)24-19(18-12-8-5-9-13-18)23(26(29)30)15-25(16-23)21(28)31-14-17-10-6-4-7-11-17/h4-13,19H,14-16H2,1-3H3,(H,24,27)/t19-/m1/s1. The summed E-state index contributed by atoms with van der Waals surface area (Å²) in [6.07, 6.45) is -1.41. The highest BCUT2D eigenvalue weighted by Crippen LogP contribution is 2.38. The van der Waals surface area contributed by atoms with Crippen LogP contribution in [-0.2, 0) is 16.1 Å². The van der Waals surface area contributed by atoms with Crippen LogP contribution in [0.3, 0.4) is 0 Å². The Labute approximate surface area is 186 Å². The molecule has 1 atom stereocenters. The Morgan fingerprint density at radius 1 is 1.09 bits per heavy atom. The van der Waals surface area contributed by atoms with Crippen molar-refractivity contribution in [2.45, 2.75) is 44.6 Å². The van der Waals surface area contributed by atoms with E-state index in [1.165, 1.54) is 4.90 Å². The number of likely N-dealkylation sites (tertiary alicyclic amines) is 1. The van der Waals surface area contributed by atoms with Crippen LogP contribution in [0.2, 0.25) is 0 Å². The second-order valence-electron chi connectivity index (χ2n) is 8.75. The van der Waals surface area contributed by atoms with Crippen LogP contribution in [0, 0.1) is 10.1 Å². The fraction of sp³-hybridized carbons (Fsp3) is 0.391. The topological polar surface area (TPSA) is 111 Å². The van der Waals surface area contributed by atoms with E-state index in [9.17, 15) is 19.7 Å². The molecule has 1 N–H and O–H groups in total. The number of ether oxygens (including phenoxy) is 2. The number of rotatable bonds is 6. The quantitative estimate of drug-likeness (QED) is 0.537. The third-order valence-corrected chi connectivity index (χ3v) is 5.09. The molecule has 1 heterocycles. The van der Waals surface area contributed by atoms with Gasteiger partial charge in [0, 0.05) is 4.92 Å². The molecule has 9 nitrogen and oxygen atoms in total. The SMILES string of the molecule is CC(C)(C)OC(=O)N[C@H](c1ccccc1)C1([N+](=O)[O-])CN(C(=O)OCc2ccccc2)C1. The van der Waals surface area contributed by atoms with Crippen LogP contribution in [0.25, 0.3) is 0 Å². The number of amides is 2. The van der Waals surface area contributed by atoms with Crippen LogP contribution < -0.4 is 5.32 Å². The number of carbonyl (C=O) groups is 2. The van der Waals surface area contributed by atoms with E-state index >= 15 is 0 Å². The molecule has 2 amide bonds. The normalized spacial score (nSPS) is 15.8.